The van der Waals surface area contributed by atoms with Crippen molar-refractivity contribution in [1.29, 1.82) is 0 Å². The molecule has 0 aliphatic rings. The summed E-state index contributed by atoms with van der Waals surface area (Å²) in [4.78, 5) is 0. The Kier molecular flexibility index (Phi) is 2.60. The predicted molar refractivity (Wildman–Crippen MR) is 54.3 cm³/mol. The molecular formula is C8H13BrOSi. The maximum Gasteiger partial charge on any atom is 0.123 e. The molecule has 0 N–H and O–H groups in total. The molecular weight excluding hydrogens is 220 g/mol. The van der Waals surface area contributed by atoms with Crippen LogP contribution < -0.4 is 5.38 Å². The van der Waals surface area contributed by atoms with Crippen molar-refractivity contribution in [2.24, 2.45) is 0 Å². The summed E-state index contributed by atoms with van der Waals surface area (Å²) in [7, 11) is -1.24. The molecule has 11 heavy (non-hydrogen) atoms. The molecule has 0 bridgehead atoms. The van der Waals surface area contributed by atoms with Crippen LogP contribution in [0.25, 0.3) is 0 Å². The Labute approximate surface area is 76.9 Å². The Hall–Kier alpha value is -0.0231. The van der Waals surface area contributed by atoms with E-state index in [1.807, 2.05) is 6.07 Å². The van der Waals surface area contributed by atoms with E-state index in [1.165, 1.54) is 10.9 Å². The van der Waals surface area contributed by atoms with Gasteiger partial charge in [0, 0.05) is 5.33 Å². The lowest BCUT2D eigenvalue weighted by molar-refractivity contribution is 0.596. The van der Waals surface area contributed by atoms with Crippen LogP contribution in [0.5, 0.6) is 0 Å². The first kappa shape index (κ1) is 9.07. The first-order valence-electron chi connectivity index (χ1n) is 3.68. The predicted octanol–water partition coefficient (Wildman–Crippen LogP) is 2.72. The molecule has 0 atom stereocenters. The molecule has 1 aromatic heterocycles. The fourth-order valence-electron chi connectivity index (χ4n) is 1.10. The molecule has 1 heterocycles. The second kappa shape index (κ2) is 3.15. The lowest BCUT2D eigenvalue weighted by atomic mass is 10.4. The summed E-state index contributed by atoms with van der Waals surface area (Å²) in [6.07, 6.45) is 1.78. The molecule has 0 saturated carbocycles. The smallest absolute Gasteiger partial charge is 0.123 e. The van der Waals surface area contributed by atoms with E-state index in [0.717, 1.165) is 5.33 Å². The molecule has 0 radical (unpaired) electrons. The molecule has 3 heteroatoms. The van der Waals surface area contributed by atoms with E-state index >= 15 is 0 Å². The highest BCUT2D eigenvalue weighted by Crippen LogP contribution is 2.10. The van der Waals surface area contributed by atoms with Gasteiger partial charge in [-0.05, 0) is 11.6 Å². The number of furan rings is 1. The molecule has 0 aromatic carbocycles. The maximum absolute atomic E-state index is 5.45. The highest BCUT2D eigenvalue weighted by molar-refractivity contribution is 9.08. The zero-order chi connectivity index (χ0) is 8.48. The van der Waals surface area contributed by atoms with Gasteiger partial charge in [-0.2, -0.15) is 0 Å². The summed E-state index contributed by atoms with van der Waals surface area (Å²) in [6, 6.07) is 2.04. The zero-order valence-electron chi connectivity index (χ0n) is 7.15. The average molecular weight is 233 g/mol. The number of alkyl halides is 1. The monoisotopic (exact) mass is 232 g/mol. The van der Waals surface area contributed by atoms with Gasteiger partial charge < -0.3 is 4.42 Å². The van der Waals surface area contributed by atoms with Crippen LogP contribution in [0.4, 0.5) is 0 Å². The number of halogens is 1. The lowest BCUT2D eigenvalue weighted by Gasteiger charge is -2.13. The Morgan fingerprint density at radius 1 is 1.45 bits per heavy atom. The molecule has 0 spiro atoms. The molecule has 0 aliphatic carbocycles. The van der Waals surface area contributed by atoms with E-state index < -0.39 is 8.07 Å². The molecule has 1 nitrogen and oxygen atoms in total. The van der Waals surface area contributed by atoms with E-state index in [2.05, 4.69) is 35.6 Å². The minimum atomic E-state index is -1.24. The molecule has 1 rings (SSSR count). The van der Waals surface area contributed by atoms with Gasteiger partial charge in [0.05, 0.1) is 11.6 Å². The third kappa shape index (κ3) is 1.96. The maximum atomic E-state index is 5.45. The highest BCUT2D eigenvalue weighted by atomic mass is 79.9. The van der Waals surface area contributed by atoms with Crippen LogP contribution in [0.15, 0.2) is 16.7 Å². The lowest BCUT2D eigenvalue weighted by Crippen LogP contribution is -2.38. The highest BCUT2D eigenvalue weighted by Gasteiger charge is 2.23. The van der Waals surface area contributed by atoms with E-state index in [-0.39, 0.29) is 0 Å². The van der Waals surface area contributed by atoms with Crippen LogP contribution in [0.1, 0.15) is 5.56 Å². The summed E-state index contributed by atoms with van der Waals surface area (Å²) < 4.78 is 5.45. The van der Waals surface area contributed by atoms with Crippen LogP contribution in [0.2, 0.25) is 19.6 Å². The van der Waals surface area contributed by atoms with Crippen molar-refractivity contribution in [3.8, 4) is 0 Å². The summed E-state index contributed by atoms with van der Waals surface area (Å²) in [5.74, 6) is 0. The second-order valence-corrected chi connectivity index (χ2v) is 9.17. The zero-order valence-corrected chi connectivity index (χ0v) is 9.73. The number of hydrogen-bond acceptors (Lipinski definition) is 1. The Balaban J connectivity index is 3.02. The molecule has 62 valence electrons. The van der Waals surface area contributed by atoms with E-state index in [1.54, 1.807) is 6.26 Å². The SMILES string of the molecule is C[Si](C)(C)c1occc1CBr. The van der Waals surface area contributed by atoms with Crippen LogP contribution in [0.3, 0.4) is 0 Å². The van der Waals surface area contributed by atoms with Gasteiger partial charge in [0.2, 0.25) is 0 Å². The molecule has 0 amide bonds. The molecule has 1 aromatic rings. The van der Waals surface area contributed by atoms with Gasteiger partial charge in [0.15, 0.2) is 0 Å². The van der Waals surface area contributed by atoms with Crippen molar-refractivity contribution < 1.29 is 4.42 Å². The first-order chi connectivity index (χ1) is 5.05. The molecule has 0 saturated heterocycles. The largest absolute Gasteiger partial charge is 0.474 e. The van der Waals surface area contributed by atoms with Gasteiger partial charge in [-0.3, -0.25) is 0 Å². The van der Waals surface area contributed by atoms with Crippen LogP contribution in [0, 0.1) is 0 Å². The van der Waals surface area contributed by atoms with Crippen molar-refractivity contribution >= 4 is 29.4 Å². The third-order valence-corrected chi connectivity index (χ3v) is 3.98. The topological polar surface area (TPSA) is 13.1 Å². The first-order valence-corrected chi connectivity index (χ1v) is 8.30. The van der Waals surface area contributed by atoms with Gasteiger partial charge in [-0.25, -0.2) is 0 Å². The molecule has 0 unspecified atom stereocenters. The van der Waals surface area contributed by atoms with E-state index in [4.69, 9.17) is 4.42 Å². The Morgan fingerprint density at radius 3 is 2.45 bits per heavy atom. The van der Waals surface area contributed by atoms with Gasteiger partial charge in [-0.1, -0.05) is 35.6 Å². The number of hydrogen-bond donors (Lipinski definition) is 0. The second-order valence-electron chi connectivity index (χ2n) is 3.66. The standard InChI is InChI=1S/C8H13BrOSi/c1-11(2,3)8-7(6-9)4-5-10-8/h4-5H,6H2,1-3H3. The summed E-state index contributed by atoms with van der Waals surface area (Å²) in [5.41, 5.74) is 1.31. The summed E-state index contributed by atoms with van der Waals surface area (Å²) in [5, 5.41) is 2.12. The normalized spacial score (nSPS) is 12.0. The van der Waals surface area contributed by atoms with Gasteiger partial charge in [0.1, 0.15) is 8.07 Å². The average Bonchev–Trinajstić information content (AvgIpc) is 2.31. The van der Waals surface area contributed by atoms with Crippen molar-refractivity contribution in [3.63, 3.8) is 0 Å². The number of rotatable bonds is 2. The minimum Gasteiger partial charge on any atom is -0.474 e. The van der Waals surface area contributed by atoms with Gasteiger partial charge in [0.25, 0.3) is 0 Å². The third-order valence-electron chi connectivity index (χ3n) is 1.57. The van der Waals surface area contributed by atoms with Crippen molar-refractivity contribution in [1.82, 2.24) is 0 Å². The summed E-state index contributed by atoms with van der Waals surface area (Å²) >= 11 is 3.44. The fraction of sp³-hybridized carbons (Fsp3) is 0.500. The molecule has 0 fully saturated rings. The van der Waals surface area contributed by atoms with Crippen LogP contribution in [-0.2, 0) is 5.33 Å². The van der Waals surface area contributed by atoms with Crippen molar-refractivity contribution in [3.05, 3.63) is 17.9 Å². The summed E-state index contributed by atoms with van der Waals surface area (Å²) in [6.45, 7) is 6.87. The van der Waals surface area contributed by atoms with Crippen molar-refractivity contribution in [2.75, 3.05) is 0 Å². The van der Waals surface area contributed by atoms with Crippen LogP contribution in [-0.4, -0.2) is 8.07 Å². The quantitative estimate of drug-likeness (QED) is 0.565. The minimum absolute atomic E-state index is 0.906. The van der Waals surface area contributed by atoms with E-state index in [0.29, 0.717) is 0 Å². The Bertz CT molecular complexity index is 236. The van der Waals surface area contributed by atoms with E-state index in [9.17, 15) is 0 Å². The van der Waals surface area contributed by atoms with Gasteiger partial charge in [-0.15, -0.1) is 0 Å². The molecule has 0 aliphatic heterocycles. The van der Waals surface area contributed by atoms with Crippen LogP contribution >= 0.6 is 15.9 Å². The van der Waals surface area contributed by atoms with Crippen molar-refractivity contribution in [2.45, 2.75) is 25.0 Å². The van der Waals surface area contributed by atoms with Gasteiger partial charge >= 0.3 is 0 Å². The fourth-order valence-corrected chi connectivity index (χ4v) is 3.36. The Morgan fingerprint density at radius 2 is 2.09 bits per heavy atom.